The first-order valence-corrected chi connectivity index (χ1v) is 7.65. The van der Waals surface area contributed by atoms with E-state index < -0.39 is 11.6 Å². The maximum absolute atomic E-state index is 14.2. The second kappa shape index (κ2) is 6.54. The molecule has 1 N–H and O–H groups in total. The molecule has 5 heteroatoms. The first-order chi connectivity index (χ1) is 9.93. The summed E-state index contributed by atoms with van der Waals surface area (Å²) in [5.74, 6) is -0.371. The highest BCUT2D eigenvalue weighted by molar-refractivity contribution is 7.10. The molecule has 0 bridgehead atoms. The van der Waals surface area contributed by atoms with Crippen molar-refractivity contribution in [1.82, 2.24) is 5.32 Å². The standard InChI is InChI=1S/C16H19F2NOS/c1-9(2)19-15(16-14(20-4)5-6-21-16)11-7-10(3)12(17)8-13(11)18/h5-9,15,19H,1-4H3. The second-order valence-electron chi connectivity index (χ2n) is 5.23. The molecule has 2 rings (SSSR count). The Morgan fingerprint density at radius 1 is 1.19 bits per heavy atom. The fourth-order valence-corrected chi connectivity index (χ4v) is 3.17. The third-order valence-electron chi connectivity index (χ3n) is 3.23. The number of thiophene rings is 1. The fourth-order valence-electron chi connectivity index (χ4n) is 2.23. The Kier molecular flexibility index (Phi) is 4.96. The van der Waals surface area contributed by atoms with Crippen molar-refractivity contribution in [1.29, 1.82) is 0 Å². The normalized spacial score (nSPS) is 12.7. The fraction of sp³-hybridized carbons (Fsp3) is 0.375. The van der Waals surface area contributed by atoms with Gasteiger partial charge in [-0.1, -0.05) is 0 Å². The van der Waals surface area contributed by atoms with Gasteiger partial charge in [0.05, 0.1) is 18.0 Å². The number of rotatable bonds is 5. The molecule has 1 heterocycles. The molecule has 0 fully saturated rings. The monoisotopic (exact) mass is 311 g/mol. The number of halogens is 2. The van der Waals surface area contributed by atoms with Gasteiger partial charge in [0.15, 0.2) is 0 Å². The molecule has 0 amide bonds. The van der Waals surface area contributed by atoms with Crippen LogP contribution in [0.15, 0.2) is 23.6 Å². The molecule has 21 heavy (non-hydrogen) atoms. The Balaban J connectivity index is 2.53. The zero-order valence-electron chi connectivity index (χ0n) is 12.5. The third kappa shape index (κ3) is 3.41. The predicted molar refractivity (Wildman–Crippen MR) is 82.1 cm³/mol. The minimum absolute atomic E-state index is 0.145. The van der Waals surface area contributed by atoms with Crippen molar-refractivity contribution in [2.45, 2.75) is 32.9 Å². The number of ether oxygens (including phenoxy) is 1. The molecule has 0 aliphatic heterocycles. The number of hydrogen-bond donors (Lipinski definition) is 1. The SMILES string of the molecule is COc1ccsc1C(NC(C)C)c1cc(C)c(F)cc1F. The van der Waals surface area contributed by atoms with Gasteiger partial charge in [-0.05, 0) is 43.8 Å². The maximum atomic E-state index is 14.2. The Hall–Kier alpha value is -1.46. The Labute approximate surface area is 127 Å². The van der Waals surface area contributed by atoms with Crippen LogP contribution in [0.5, 0.6) is 5.75 Å². The lowest BCUT2D eigenvalue weighted by atomic mass is 10.0. The van der Waals surface area contributed by atoms with Crippen molar-refractivity contribution in [3.63, 3.8) is 0 Å². The van der Waals surface area contributed by atoms with E-state index in [0.29, 0.717) is 16.9 Å². The Bertz CT molecular complexity index is 625. The van der Waals surface area contributed by atoms with Crippen LogP contribution >= 0.6 is 11.3 Å². The van der Waals surface area contributed by atoms with Crippen LogP contribution in [0.4, 0.5) is 8.78 Å². The van der Waals surface area contributed by atoms with E-state index >= 15 is 0 Å². The van der Waals surface area contributed by atoms with Gasteiger partial charge in [0.25, 0.3) is 0 Å². The van der Waals surface area contributed by atoms with E-state index in [1.54, 1.807) is 20.1 Å². The molecule has 1 unspecified atom stereocenters. The molecule has 114 valence electrons. The van der Waals surface area contributed by atoms with Crippen molar-refractivity contribution in [3.8, 4) is 5.75 Å². The largest absolute Gasteiger partial charge is 0.496 e. The summed E-state index contributed by atoms with van der Waals surface area (Å²) in [5.41, 5.74) is 0.862. The summed E-state index contributed by atoms with van der Waals surface area (Å²) in [4.78, 5) is 0.885. The average Bonchev–Trinajstić information content (AvgIpc) is 2.88. The summed E-state index contributed by atoms with van der Waals surface area (Å²) in [5, 5.41) is 5.23. The summed E-state index contributed by atoms with van der Waals surface area (Å²) in [6.45, 7) is 5.61. The molecule has 1 aromatic carbocycles. The zero-order chi connectivity index (χ0) is 15.6. The molecular weight excluding hydrogens is 292 g/mol. The molecule has 0 saturated carbocycles. The summed E-state index contributed by atoms with van der Waals surface area (Å²) in [6.07, 6.45) is 0. The molecule has 0 aliphatic rings. The Morgan fingerprint density at radius 2 is 1.90 bits per heavy atom. The second-order valence-corrected chi connectivity index (χ2v) is 6.18. The van der Waals surface area contributed by atoms with Gasteiger partial charge in [-0.2, -0.15) is 0 Å². The van der Waals surface area contributed by atoms with E-state index in [-0.39, 0.29) is 12.1 Å². The topological polar surface area (TPSA) is 21.3 Å². The maximum Gasteiger partial charge on any atom is 0.134 e. The van der Waals surface area contributed by atoms with Crippen LogP contribution in [-0.2, 0) is 0 Å². The lowest BCUT2D eigenvalue weighted by Crippen LogP contribution is -2.29. The first-order valence-electron chi connectivity index (χ1n) is 6.77. The van der Waals surface area contributed by atoms with Crippen molar-refractivity contribution >= 4 is 11.3 Å². The lowest BCUT2D eigenvalue weighted by molar-refractivity contribution is 0.403. The van der Waals surface area contributed by atoms with Gasteiger partial charge in [-0.3, -0.25) is 0 Å². The van der Waals surface area contributed by atoms with Crippen LogP contribution < -0.4 is 10.1 Å². The van der Waals surface area contributed by atoms with Gasteiger partial charge in [0, 0.05) is 17.7 Å². The minimum atomic E-state index is -0.549. The lowest BCUT2D eigenvalue weighted by Gasteiger charge is -2.23. The number of aryl methyl sites for hydroxylation is 1. The molecule has 0 spiro atoms. The van der Waals surface area contributed by atoms with Crippen LogP contribution in [0.1, 0.15) is 35.9 Å². The number of benzene rings is 1. The molecule has 0 saturated heterocycles. The van der Waals surface area contributed by atoms with E-state index in [0.717, 1.165) is 10.9 Å². The summed E-state index contributed by atoms with van der Waals surface area (Å²) < 4.78 is 33.1. The molecule has 2 aromatic rings. The summed E-state index contributed by atoms with van der Waals surface area (Å²) in [7, 11) is 1.59. The van der Waals surface area contributed by atoms with Gasteiger partial charge in [-0.15, -0.1) is 11.3 Å². The van der Waals surface area contributed by atoms with Crippen molar-refractivity contribution in [3.05, 3.63) is 51.2 Å². The molecule has 2 nitrogen and oxygen atoms in total. The highest BCUT2D eigenvalue weighted by atomic mass is 32.1. The molecular formula is C16H19F2NOS. The first kappa shape index (κ1) is 15.9. The smallest absolute Gasteiger partial charge is 0.134 e. The molecule has 0 aliphatic carbocycles. The highest BCUT2D eigenvalue weighted by Gasteiger charge is 2.24. The predicted octanol–water partition coefficient (Wildman–Crippen LogP) is 4.43. The minimum Gasteiger partial charge on any atom is -0.496 e. The molecule has 1 aromatic heterocycles. The average molecular weight is 311 g/mol. The van der Waals surface area contributed by atoms with Crippen LogP contribution in [-0.4, -0.2) is 13.2 Å². The van der Waals surface area contributed by atoms with Gasteiger partial charge in [0.1, 0.15) is 17.4 Å². The van der Waals surface area contributed by atoms with Crippen molar-refractivity contribution in [2.75, 3.05) is 7.11 Å². The van der Waals surface area contributed by atoms with Crippen LogP contribution in [0, 0.1) is 18.6 Å². The van der Waals surface area contributed by atoms with E-state index in [2.05, 4.69) is 5.32 Å². The highest BCUT2D eigenvalue weighted by Crippen LogP contribution is 2.36. The van der Waals surface area contributed by atoms with Gasteiger partial charge < -0.3 is 10.1 Å². The van der Waals surface area contributed by atoms with Gasteiger partial charge in [0.2, 0.25) is 0 Å². The van der Waals surface area contributed by atoms with Crippen LogP contribution in [0.3, 0.4) is 0 Å². The summed E-state index contributed by atoms with van der Waals surface area (Å²) in [6, 6.07) is 4.14. The van der Waals surface area contributed by atoms with E-state index in [1.165, 1.54) is 11.3 Å². The van der Waals surface area contributed by atoms with Gasteiger partial charge in [-0.25, -0.2) is 8.78 Å². The van der Waals surface area contributed by atoms with Gasteiger partial charge >= 0.3 is 0 Å². The van der Waals surface area contributed by atoms with Crippen LogP contribution in [0.2, 0.25) is 0 Å². The summed E-state index contributed by atoms with van der Waals surface area (Å²) >= 11 is 1.49. The van der Waals surface area contributed by atoms with Crippen molar-refractivity contribution in [2.24, 2.45) is 0 Å². The number of hydrogen-bond acceptors (Lipinski definition) is 3. The third-order valence-corrected chi connectivity index (χ3v) is 4.19. The number of methoxy groups -OCH3 is 1. The van der Waals surface area contributed by atoms with Crippen LogP contribution in [0.25, 0.3) is 0 Å². The van der Waals surface area contributed by atoms with E-state index in [9.17, 15) is 8.78 Å². The van der Waals surface area contributed by atoms with E-state index in [1.807, 2.05) is 25.3 Å². The molecule has 1 atom stereocenters. The van der Waals surface area contributed by atoms with Crippen molar-refractivity contribution < 1.29 is 13.5 Å². The zero-order valence-corrected chi connectivity index (χ0v) is 13.4. The number of nitrogens with one attached hydrogen (secondary N) is 1. The quantitative estimate of drug-likeness (QED) is 0.882. The molecule has 0 radical (unpaired) electrons. The Morgan fingerprint density at radius 3 is 2.52 bits per heavy atom. The van der Waals surface area contributed by atoms with E-state index in [4.69, 9.17) is 4.74 Å².